The van der Waals surface area contributed by atoms with Gasteiger partial charge in [0.1, 0.15) is 11.6 Å². The van der Waals surface area contributed by atoms with Crippen LogP contribution in [0.25, 0.3) is 11.3 Å². The lowest BCUT2D eigenvalue weighted by molar-refractivity contribution is 0.411. The van der Waals surface area contributed by atoms with E-state index >= 15 is 0 Å². The number of benzene rings is 1. The summed E-state index contributed by atoms with van der Waals surface area (Å²) in [4.78, 5) is 7.74. The van der Waals surface area contributed by atoms with Crippen molar-refractivity contribution in [3.05, 3.63) is 34.8 Å². The average molecular weight is 245 g/mol. The largest absolute Gasteiger partial charge is 0.496 e. The molecule has 1 heterocycles. The molecule has 0 aliphatic heterocycles. The van der Waals surface area contributed by atoms with Crippen molar-refractivity contribution >= 4 is 0 Å². The summed E-state index contributed by atoms with van der Waals surface area (Å²) in [5.41, 5.74) is 11.0. The van der Waals surface area contributed by atoms with E-state index < -0.39 is 0 Å². The Morgan fingerprint density at radius 3 is 2.50 bits per heavy atom. The number of methoxy groups -OCH3 is 1. The predicted octanol–water partition coefficient (Wildman–Crippen LogP) is 2.47. The Balaban J connectivity index is 2.56. The average Bonchev–Trinajstić information content (AvgIpc) is 2.73. The van der Waals surface area contributed by atoms with Gasteiger partial charge in [-0.05, 0) is 44.0 Å². The molecule has 0 aliphatic rings. The van der Waals surface area contributed by atoms with Gasteiger partial charge in [-0.2, -0.15) is 0 Å². The quantitative estimate of drug-likeness (QED) is 0.873. The Morgan fingerprint density at radius 2 is 1.94 bits per heavy atom. The van der Waals surface area contributed by atoms with E-state index in [0.717, 1.165) is 39.7 Å². The first-order valence-electron chi connectivity index (χ1n) is 5.98. The molecular formula is C14H19N3O. The fourth-order valence-electron chi connectivity index (χ4n) is 2.15. The summed E-state index contributed by atoms with van der Waals surface area (Å²) in [5, 5.41) is 0. The van der Waals surface area contributed by atoms with Gasteiger partial charge in [-0.1, -0.05) is 0 Å². The molecule has 96 valence electrons. The van der Waals surface area contributed by atoms with E-state index in [4.69, 9.17) is 10.5 Å². The van der Waals surface area contributed by atoms with Gasteiger partial charge in [0, 0.05) is 11.3 Å². The normalized spacial score (nSPS) is 10.7. The smallest absolute Gasteiger partial charge is 0.122 e. The number of nitrogens with two attached hydrogens (primary N) is 1. The van der Waals surface area contributed by atoms with Gasteiger partial charge in [0.15, 0.2) is 0 Å². The molecule has 2 rings (SSSR count). The molecule has 2 aromatic rings. The summed E-state index contributed by atoms with van der Waals surface area (Å²) in [6.45, 7) is 6.54. The molecule has 0 fully saturated rings. The Hall–Kier alpha value is -1.81. The summed E-state index contributed by atoms with van der Waals surface area (Å²) in [7, 11) is 1.69. The molecule has 4 nitrogen and oxygen atoms in total. The molecule has 0 unspecified atom stereocenters. The van der Waals surface area contributed by atoms with Crippen molar-refractivity contribution in [1.29, 1.82) is 0 Å². The highest BCUT2D eigenvalue weighted by atomic mass is 16.5. The van der Waals surface area contributed by atoms with Crippen LogP contribution in [0, 0.1) is 20.8 Å². The summed E-state index contributed by atoms with van der Waals surface area (Å²) >= 11 is 0. The molecule has 0 aliphatic carbocycles. The Labute approximate surface area is 107 Å². The van der Waals surface area contributed by atoms with Crippen LogP contribution in [-0.2, 0) is 6.54 Å². The van der Waals surface area contributed by atoms with Crippen LogP contribution in [-0.4, -0.2) is 17.1 Å². The number of hydrogen-bond acceptors (Lipinski definition) is 3. The summed E-state index contributed by atoms with van der Waals surface area (Å²) in [6, 6.07) is 4.15. The number of ether oxygens (including phenoxy) is 1. The molecule has 0 amide bonds. The molecule has 0 radical (unpaired) electrons. The zero-order chi connectivity index (χ0) is 13.3. The Morgan fingerprint density at radius 1 is 1.22 bits per heavy atom. The number of nitrogens with zero attached hydrogens (tertiary/aromatic N) is 1. The molecule has 4 heteroatoms. The van der Waals surface area contributed by atoms with Crippen molar-refractivity contribution < 1.29 is 4.74 Å². The van der Waals surface area contributed by atoms with Gasteiger partial charge in [-0.3, -0.25) is 0 Å². The van der Waals surface area contributed by atoms with Gasteiger partial charge in [0.05, 0.1) is 19.3 Å². The first-order chi connectivity index (χ1) is 8.56. The van der Waals surface area contributed by atoms with E-state index in [1.54, 1.807) is 7.11 Å². The number of aromatic amines is 1. The Bertz CT molecular complexity index is 573. The van der Waals surface area contributed by atoms with Gasteiger partial charge in [0.25, 0.3) is 0 Å². The number of aromatic nitrogens is 2. The van der Waals surface area contributed by atoms with Crippen molar-refractivity contribution in [3.8, 4) is 17.0 Å². The van der Waals surface area contributed by atoms with Gasteiger partial charge >= 0.3 is 0 Å². The van der Waals surface area contributed by atoms with Gasteiger partial charge in [0.2, 0.25) is 0 Å². The van der Waals surface area contributed by atoms with Crippen LogP contribution in [0.3, 0.4) is 0 Å². The lowest BCUT2D eigenvalue weighted by atomic mass is 10.0. The highest BCUT2D eigenvalue weighted by Gasteiger charge is 2.12. The third-order valence-electron chi connectivity index (χ3n) is 3.12. The highest BCUT2D eigenvalue weighted by Crippen LogP contribution is 2.30. The SMILES string of the molecule is COc1cc(C)c(-c2nc(CN)[nH]c2C)cc1C. The summed E-state index contributed by atoms with van der Waals surface area (Å²) in [6.07, 6.45) is 0. The van der Waals surface area contributed by atoms with E-state index in [0.29, 0.717) is 6.54 Å². The second-order valence-corrected chi connectivity index (χ2v) is 4.50. The fourth-order valence-corrected chi connectivity index (χ4v) is 2.15. The second-order valence-electron chi connectivity index (χ2n) is 4.50. The number of hydrogen-bond donors (Lipinski definition) is 2. The van der Waals surface area contributed by atoms with Crippen LogP contribution in [0.15, 0.2) is 12.1 Å². The topological polar surface area (TPSA) is 63.9 Å². The highest BCUT2D eigenvalue weighted by molar-refractivity contribution is 5.68. The first kappa shape index (κ1) is 12.6. The van der Waals surface area contributed by atoms with Crippen molar-refractivity contribution in [2.24, 2.45) is 5.73 Å². The maximum Gasteiger partial charge on any atom is 0.122 e. The van der Waals surface area contributed by atoms with Crippen LogP contribution in [0.4, 0.5) is 0 Å². The van der Waals surface area contributed by atoms with Crippen LogP contribution >= 0.6 is 0 Å². The summed E-state index contributed by atoms with van der Waals surface area (Å²) in [5.74, 6) is 1.72. The molecule has 1 aromatic carbocycles. The standard InChI is InChI=1S/C14H19N3O/c1-8-6-12(18-4)9(2)5-11(8)14-10(3)16-13(7-15)17-14/h5-6H,7,15H2,1-4H3,(H,16,17). The van der Waals surface area contributed by atoms with Gasteiger partial charge < -0.3 is 15.5 Å². The first-order valence-corrected chi connectivity index (χ1v) is 5.98. The van der Waals surface area contributed by atoms with E-state index in [1.165, 1.54) is 0 Å². The van der Waals surface area contributed by atoms with E-state index in [9.17, 15) is 0 Å². The number of imidazole rings is 1. The van der Waals surface area contributed by atoms with Crippen LogP contribution in [0.2, 0.25) is 0 Å². The number of nitrogens with one attached hydrogen (secondary N) is 1. The van der Waals surface area contributed by atoms with Gasteiger partial charge in [-0.15, -0.1) is 0 Å². The minimum absolute atomic E-state index is 0.426. The number of rotatable bonds is 3. The van der Waals surface area contributed by atoms with Crippen molar-refractivity contribution in [2.45, 2.75) is 27.3 Å². The molecule has 3 N–H and O–H groups in total. The van der Waals surface area contributed by atoms with Crippen LogP contribution in [0.1, 0.15) is 22.6 Å². The van der Waals surface area contributed by atoms with Crippen LogP contribution in [0.5, 0.6) is 5.75 Å². The Kier molecular flexibility index (Phi) is 3.39. The number of aryl methyl sites for hydroxylation is 3. The van der Waals surface area contributed by atoms with Crippen LogP contribution < -0.4 is 10.5 Å². The van der Waals surface area contributed by atoms with Crippen molar-refractivity contribution in [3.63, 3.8) is 0 Å². The molecule has 1 aromatic heterocycles. The van der Waals surface area contributed by atoms with Crippen molar-refractivity contribution in [2.75, 3.05) is 7.11 Å². The maximum atomic E-state index is 5.61. The summed E-state index contributed by atoms with van der Waals surface area (Å²) < 4.78 is 5.33. The third kappa shape index (κ3) is 2.11. The molecule has 18 heavy (non-hydrogen) atoms. The lowest BCUT2D eigenvalue weighted by Gasteiger charge is -2.10. The van der Waals surface area contributed by atoms with E-state index in [1.807, 2.05) is 19.9 Å². The molecule has 0 spiro atoms. The number of H-pyrrole nitrogens is 1. The molecule has 0 saturated carbocycles. The van der Waals surface area contributed by atoms with Gasteiger partial charge in [-0.25, -0.2) is 4.98 Å². The minimum atomic E-state index is 0.426. The minimum Gasteiger partial charge on any atom is -0.496 e. The third-order valence-corrected chi connectivity index (χ3v) is 3.12. The monoisotopic (exact) mass is 245 g/mol. The van der Waals surface area contributed by atoms with E-state index in [2.05, 4.69) is 23.0 Å². The fraction of sp³-hybridized carbons (Fsp3) is 0.357. The zero-order valence-electron chi connectivity index (χ0n) is 11.3. The molecule has 0 atom stereocenters. The maximum absolute atomic E-state index is 5.61. The molecule has 0 bridgehead atoms. The zero-order valence-corrected chi connectivity index (χ0v) is 11.3. The molecular weight excluding hydrogens is 226 g/mol. The lowest BCUT2D eigenvalue weighted by Crippen LogP contribution is -1.98. The molecule has 0 saturated heterocycles. The second kappa shape index (κ2) is 4.82. The van der Waals surface area contributed by atoms with Crippen molar-refractivity contribution in [1.82, 2.24) is 9.97 Å². The predicted molar refractivity (Wildman–Crippen MR) is 72.7 cm³/mol. The van der Waals surface area contributed by atoms with E-state index in [-0.39, 0.29) is 0 Å².